The maximum Gasteiger partial charge on any atom is 0.183 e. The van der Waals surface area contributed by atoms with Crippen LogP contribution in [0.1, 0.15) is 6.92 Å². The first kappa shape index (κ1) is 7.12. The van der Waals surface area contributed by atoms with Gasteiger partial charge < -0.3 is 4.74 Å². The first-order valence-corrected chi connectivity index (χ1v) is 4.39. The van der Waals surface area contributed by atoms with Crippen LogP contribution in [0.15, 0.2) is 11.5 Å². The van der Waals surface area contributed by atoms with Gasteiger partial charge in [-0.25, -0.2) is 4.98 Å². The van der Waals surface area contributed by atoms with Gasteiger partial charge in [-0.1, -0.05) is 11.8 Å². The summed E-state index contributed by atoms with van der Waals surface area (Å²) in [6.07, 6.45) is 1.51. The number of rotatable bonds is 3. The molecule has 0 aliphatic carbocycles. The maximum absolute atomic E-state index is 5.21. The second kappa shape index (κ2) is 2.49. The average Bonchev–Trinajstić information content (AvgIpc) is 2.53. The lowest BCUT2D eigenvalue weighted by molar-refractivity contribution is 0.348. The molecule has 1 aromatic heterocycles. The summed E-state index contributed by atoms with van der Waals surface area (Å²) in [5, 5.41) is 7.39. The van der Waals surface area contributed by atoms with Crippen molar-refractivity contribution in [3.63, 3.8) is 0 Å². The highest BCUT2D eigenvalue weighted by atomic mass is 32.2. The lowest BCUT2D eigenvalue weighted by Crippen LogP contribution is -2.07. The van der Waals surface area contributed by atoms with E-state index in [0.29, 0.717) is 0 Å². The Kier molecular flexibility index (Phi) is 1.61. The Morgan fingerprint density at radius 2 is 2.73 bits per heavy atom. The van der Waals surface area contributed by atoms with E-state index in [1.54, 1.807) is 11.8 Å². The third kappa shape index (κ3) is 1.72. The minimum absolute atomic E-state index is 0.0947. The number of ether oxygens (including phenoxy) is 1. The maximum atomic E-state index is 5.21. The second-order valence-electron chi connectivity index (χ2n) is 2.82. The predicted octanol–water partition coefficient (Wildman–Crippen LogP) is 0.686. The van der Waals surface area contributed by atoms with Crippen LogP contribution >= 0.6 is 11.8 Å². The lowest BCUT2D eigenvalue weighted by Gasteiger charge is -1.99. The zero-order valence-corrected chi connectivity index (χ0v) is 7.02. The highest BCUT2D eigenvalue weighted by Gasteiger charge is 2.39. The molecule has 60 valence electrons. The van der Waals surface area contributed by atoms with Crippen molar-refractivity contribution < 1.29 is 4.74 Å². The molecule has 4 nitrogen and oxygen atoms in total. The van der Waals surface area contributed by atoms with E-state index >= 15 is 0 Å². The minimum atomic E-state index is 0.0947. The molecule has 0 bridgehead atoms. The van der Waals surface area contributed by atoms with Gasteiger partial charge >= 0.3 is 0 Å². The van der Waals surface area contributed by atoms with Crippen molar-refractivity contribution in [2.45, 2.75) is 17.7 Å². The lowest BCUT2D eigenvalue weighted by atomic mass is 10.3. The summed E-state index contributed by atoms with van der Waals surface area (Å²) in [6, 6.07) is 0. The molecule has 1 unspecified atom stereocenters. The third-order valence-corrected chi connectivity index (χ3v) is 2.77. The van der Waals surface area contributed by atoms with Gasteiger partial charge in [-0.05, 0) is 6.92 Å². The van der Waals surface area contributed by atoms with Crippen molar-refractivity contribution in [1.29, 1.82) is 0 Å². The van der Waals surface area contributed by atoms with Gasteiger partial charge in [0.2, 0.25) is 0 Å². The summed E-state index contributed by atoms with van der Waals surface area (Å²) in [5.74, 6) is 0.947. The van der Waals surface area contributed by atoms with Crippen LogP contribution in [-0.2, 0) is 4.74 Å². The number of H-pyrrole nitrogens is 1. The molecule has 5 heteroatoms. The molecule has 11 heavy (non-hydrogen) atoms. The molecule has 1 aliphatic rings. The summed E-state index contributed by atoms with van der Waals surface area (Å²) in [5.41, 5.74) is 0.0947. The Morgan fingerprint density at radius 3 is 3.27 bits per heavy atom. The SMILES string of the molecule is CC1(CSc2ncn[nH]2)CO1. The Balaban J connectivity index is 1.83. The Hall–Kier alpha value is -0.550. The number of hydrogen-bond acceptors (Lipinski definition) is 4. The molecule has 2 rings (SSSR count). The topological polar surface area (TPSA) is 54.1 Å². The van der Waals surface area contributed by atoms with Crippen molar-refractivity contribution in [2.24, 2.45) is 0 Å². The largest absolute Gasteiger partial charge is 0.369 e. The number of nitrogens with zero attached hydrogens (tertiary/aromatic N) is 2. The van der Waals surface area contributed by atoms with E-state index in [2.05, 4.69) is 22.1 Å². The van der Waals surface area contributed by atoms with Crippen LogP contribution in [0.2, 0.25) is 0 Å². The van der Waals surface area contributed by atoms with Gasteiger partial charge in [0.05, 0.1) is 12.2 Å². The monoisotopic (exact) mass is 171 g/mol. The van der Waals surface area contributed by atoms with Crippen molar-refractivity contribution in [1.82, 2.24) is 15.2 Å². The van der Waals surface area contributed by atoms with E-state index in [4.69, 9.17) is 4.74 Å². The summed E-state index contributed by atoms with van der Waals surface area (Å²) in [4.78, 5) is 3.99. The predicted molar refractivity (Wildman–Crippen MR) is 41.5 cm³/mol. The van der Waals surface area contributed by atoms with Gasteiger partial charge in [-0.2, -0.15) is 5.10 Å². The van der Waals surface area contributed by atoms with Crippen LogP contribution in [-0.4, -0.2) is 33.1 Å². The number of hydrogen-bond donors (Lipinski definition) is 1. The fraction of sp³-hybridized carbons (Fsp3) is 0.667. The fourth-order valence-electron chi connectivity index (χ4n) is 0.691. The Morgan fingerprint density at radius 1 is 1.91 bits per heavy atom. The van der Waals surface area contributed by atoms with Crippen LogP contribution in [0.25, 0.3) is 0 Å². The quantitative estimate of drug-likeness (QED) is 0.537. The fourth-order valence-corrected chi connectivity index (χ4v) is 1.54. The van der Waals surface area contributed by atoms with Crippen molar-refractivity contribution in [3.8, 4) is 0 Å². The molecule has 0 radical (unpaired) electrons. The van der Waals surface area contributed by atoms with Crippen LogP contribution in [0, 0.1) is 0 Å². The van der Waals surface area contributed by atoms with Gasteiger partial charge in [0.25, 0.3) is 0 Å². The number of thioether (sulfide) groups is 1. The molecule has 1 atom stereocenters. The average molecular weight is 171 g/mol. The number of aromatic amines is 1. The van der Waals surface area contributed by atoms with E-state index in [9.17, 15) is 0 Å². The van der Waals surface area contributed by atoms with Gasteiger partial charge in [0.1, 0.15) is 6.33 Å². The molecule has 1 aliphatic heterocycles. The molecule has 0 amide bonds. The van der Waals surface area contributed by atoms with E-state index in [1.807, 2.05) is 0 Å². The van der Waals surface area contributed by atoms with E-state index in [1.165, 1.54) is 6.33 Å². The van der Waals surface area contributed by atoms with Crippen LogP contribution in [0.4, 0.5) is 0 Å². The molecule has 1 aromatic rings. The van der Waals surface area contributed by atoms with Crippen LogP contribution in [0.5, 0.6) is 0 Å². The summed E-state index contributed by atoms with van der Waals surface area (Å²) in [6.45, 7) is 2.96. The number of epoxide rings is 1. The first-order chi connectivity index (χ1) is 5.29. The minimum Gasteiger partial charge on any atom is -0.369 e. The highest BCUT2D eigenvalue weighted by Crippen LogP contribution is 2.31. The molecule has 2 heterocycles. The van der Waals surface area contributed by atoms with Gasteiger partial charge in [0, 0.05) is 5.75 Å². The van der Waals surface area contributed by atoms with E-state index < -0.39 is 0 Å². The molecule has 1 N–H and O–H groups in total. The van der Waals surface area contributed by atoms with Crippen molar-refractivity contribution in [3.05, 3.63) is 6.33 Å². The number of aromatic nitrogens is 3. The molecular weight excluding hydrogens is 162 g/mol. The zero-order valence-electron chi connectivity index (χ0n) is 6.20. The van der Waals surface area contributed by atoms with Crippen molar-refractivity contribution >= 4 is 11.8 Å². The normalized spacial score (nSPS) is 28.8. The summed E-state index contributed by atoms with van der Waals surface area (Å²) < 4.78 is 5.21. The zero-order chi connectivity index (χ0) is 7.73. The third-order valence-electron chi connectivity index (χ3n) is 1.54. The molecular formula is C6H9N3OS. The summed E-state index contributed by atoms with van der Waals surface area (Å²) >= 11 is 1.64. The van der Waals surface area contributed by atoms with Crippen LogP contribution in [0.3, 0.4) is 0 Å². The molecule has 0 saturated carbocycles. The Bertz CT molecular complexity index is 232. The Labute approximate surface area is 68.7 Å². The van der Waals surface area contributed by atoms with Crippen LogP contribution < -0.4 is 0 Å². The first-order valence-electron chi connectivity index (χ1n) is 3.41. The molecule has 1 fully saturated rings. The smallest absolute Gasteiger partial charge is 0.183 e. The standard InChI is InChI=1S/C6H9N3OS/c1-6(2-10-6)3-11-5-7-4-8-9-5/h4H,2-3H2,1H3,(H,7,8,9). The summed E-state index contributed by atoms with van der Waals surface area (Å²) in [7, 11) is 0. The second-order valence-corrected chi connectivity index (χ2v) is 3.78. The van der Waals surface area contributed by atoms with Crippen molar-refractivity contribution in [2.75, 3.05) is 12.4 Å². The van der Waals surface area contributed by atoms with Gasteiger partial charge in [-0.3, -0.25) is 5.10 Å². The van der Waals surface area contributed by atoms with Gasteiger partial charge in [-0.15, -0.1) is 0 Å². The van der Waals surface area contributed by atoms with E-state index in [-0.39, 0.29) is 5.60 Å². The molecule has 0 aromatic carbocycles. The van der Waals surface area contributed by atoms with E-state index in [0.717, 1.165) is 17.5 Å². The number of nitrogens with one attached hydrogen (secondary N) is 1. The van der Waals surface area contributed by atoms with Gasteiger partial charge in [0.15, 0.2) is 5.16 Å². The highest BCUT2D eigenvalue weighted by molar-refractivity contribution is 7.99. The molecule has 0 spiro atoms. The molecule has 1 saturated heterocycles.